The zero-order valence-electron chi connectivity index (χ0n) is 11.8. The molecule has 6 heteroatoms. The Hall–Kier alpha value is -1.59. The molecule has 112 valence electrons. The van der Waals surface area contributed by atoms with Crippen molar-refractivity contribution in [3.63, 3.8) is 0 Å². The first-order valence-corrected chi connectivity index (χ1v) is 7.41. The molecule has 1 fully saturated rings. The fourth-order valence-electron chi connectivity index (χ4n) is 2.70. The van der Waals surface area contributed by atoms with Crippen molar-refractivity contribution in [3.8, 4) is 0 Å². The van der Waals surface area contributed by atoms with Gasteiger partial charge in [0.1, 0.15) is 0 Å². The highest BCUT2D eigenvalue weighted by molar-refractivity contribution is 6.31. The van der Waals surface area contributed by atoms with Gasteiger partial charge in [-0.05, 0) is 37.0 Å². The molecule has 0 saturated carbocycles. The molecule has 2 aromatic rings. The lowest BCUT2D eigenvalue weighted by Crippen LogP contribution is -2.19. The monoisotopic (exact) mass is 308 g/mol. The summed E-state index contributed by atoms with van der Waals surface area (Å²) in [4.78, 5) is 11.5. The van der Waals surface area contributed by atoms with E-state index in [1.807, 2.05) is 10.7 Å². The Morgan fingerprint density at radius 3 is 3.10 bits per heavy atom. The van der Waals surface area contributed by atoms with Gasteiger partial charge in [0.2, 0.25) is 0 Å². The molecule has 1 aromatic heterocycles. The predicted molar refractivity (Wildman–Crippen MR) is 79.3 cm³/mol. The number of carbonyl (C=O) groups is 1. The molecular weight excluding hydrogens is 292 g/mol. The smallest absolute Gasteiger partial charge is 0.310 e. The molecule has 1 unspecified atom stereocenters. The second-order valence-corrected chi connectivity index (χ2v) is 5.60. The first-order chi connectivity index (χ1) is 10.2. The Morgan fingerprint density at radius 1 is 1.52 bits per heavy atom. The number of halogens is 1. The molecule has 1 atom stereocenters. The Kier molecular flexibility index (Phi) is 4.12. The molecule has 5 nitrogen and oxygen atoms in total. The molecule has 1 aliphatic heterocycles. The van der Waals surface area contributed by atoms with Crippen LogP contribution in [-0.4, -0.2) is 29.5 Å². The molecule has 21 heavy (non-hydrogen) atoms. The van der Waals surface area contributed by atoms with Crippen molar-refractivity contribution in [1.82, 2.24) is 9.78 Å². The van der Waals surface area contributed by atoms with Crippen molar-refractivity contribution >= 4 is 28.5 Å². The highest BCUT2D eigenvalue weighted by atomic mass is 35.5. The van der Waals surface area contributed by atoms with Crippen molar-refractivity contribution < 1.29 is 14.3 Å². The second-order valence-electron chi connectivity index (χ2n) is 5.16. The highest BCUT2D eigenvalue weighted by Gasteiger charge is 2.20. The quantitative estimate of drug-likeness (QED) is 0.818. The fourth-order valence-corrected chi connectivity index (χ4v) is 2.93. The van der Waals surface area contributed by atoms with E-state index in [1.54, 1.807) is 12.3 Å². The minimum atomic E-state index is -0.291. The number of methoxy groups -OCH3 is 1. The van der Waals surface area contributed by atoms with Gasteiger partial charge in [0.25, 0.3) is 0 Å². The fraction of sp³-hybridized carbons (Fsp3) is 0.467. The van der Waals surface area contributed by atoms with Crippen molar-refractivity contribution in [2.75, 3.05) is 13.7 Å². The minimum Gasteiger partial charge on any atom is -0.469 e. The van der Waals surface area contributed by atoms with Gasteiger partial charge in [-0.15, -0.1) is 0 Å². The average molecular weight is 309 g/mol. The van der Waals surface area contributed by atoms with Crippen LogP contribution in [0, 0.1) is 0 Å². The third kappa shape index (κ3) is 2.89. The molecule has 2 heterocycles. The number of rotatable bonds is 3. The van der Waals surface area contributed by atoms with Crippen LogP contribution in [0.15, 0.2) is 18.3 Å². The van der Waals surface area contributed by atoms with E-state index in [2.05, 4.69) is 5.10 Å². The molecule has 0 spiro atoms. The van der Waals surface area contributed by atoms with Gasteiger partial charge >= 0.3 is 5.97 Å². The van der Waals surface area contributed by atoms with Crippen LogP contribution in [0.3, 0.4) is 0 Å². The standard InChI is InChI=1S/C15H17ClN2O3/c1-20-15(19)7-10-6-11(16)8-13-12(10)9-17-18(13)14-4-2-3-5-21-14/h6,8-9,14H,2-5,7H2,1H3. The molecule has 0 radical (unpaired) electrons. The number of hydrogen-bond donors (Lipinski definition) is 0. The van der Waals surface area contributed by atoms with Crippen molar-refractivity contribution in [1.29, 1.82) is 0 Å². The summed E-state index contributed by atoms with van der Waals surface area (Å²) in [6.07, 6.45) is 5.05. The van der Waals surface area contributed by atoms with E-state index in [0.29, 0.717) is 5.02 Å². The first kappa shape index (κ1) is 14.4. The SMILES string of the molecule is COC(=O)Cc1cc(Cl)cc2c1cnn2C1CCCCO1. The van der Waals surface area contributed by atoms with Crippen LogP contribution in [0.1, 0.15) is 31.1 Å². The number of hydrogen-bond acceptors (Lipinski definition) is 4. The molecule has 0 amide bonds. The third-order valence-electron chi connectivity index (χ3n) is 3.76. The van der Waals surface area contributed by atoms with Gasteiger partial charge in [-0.25, -0.2) is 4.68 Å². The van der Waals surface area contributed by atoms with E-state index in [-0.39, 0.29) is 18.6 Å². The average Bonchev–Trinajstić information content (AvgIpc) is 2.91. The highest BCUT2D eigenvalue weighted by Crippen LogP contribution is 2.30. The van der Waals surface area contributed by atoms with E-state index >= 15 is 0 Å². The topological polar surface area (TPSA) is 53.3 Å². The molecular formula is C15H17ClN2O3. The van der Waals surface area contributed by atoms with E-state index in [0.717, 1.165) is 42.3 Å². The number of aromatic nitrogens is 2. The van der Waals surface area contributed by atoms with E-state index in [9.17, 15) is 4.79 Å². The van der Waals surface area contributed by atoms with Gasteiger partial charge in [0.15, 0.2) is 6.23 Å². The molecule has 3 rings (SSSR count). The summed E-state index contributed by atoms with van der Waals surface area (Å²) in [7, 11) is 1.38. The molecule has 1 aliphatic rings. The number of carbonyl (C=O) groups excluding carboxylic acids is 1. The largest absolute Gasteiger partial charge is 0.469 e. The van der Waals surface area contributed by atoms with Crippen LogP contribution in [-0.2, 0) is 20.7 Å². The lowest BCUT2D eigenvalue weighted by atomic mass is 10.1. The molecule has 0 N–H and O–H groups in total. The number of fused-ring (bicyclic) bond motifs is 1. The summed E-state index contributed by atoms with van der Waals surface area (Å²) in [5.74, 6) is -0.291. The summed E-state index contributed by atoms with van der Waals surface area (Å²) >= 11 is 6.18. The maximum atomic E-state index is 11.5. The molecule has 0 aliphatic carbocycles. The number of ether oxygens (including phenoxy) is 2. The normalized spacial score (nSPS) is 18.9. The number of esters is 1. The van der Waals surface area contributed by atoms with Gasteiger partial charge in [-0.2, -0.15) is 5.10 Å². The van der Waals surface area contributed by atoms with Crippen LogP contribution < -0.4 is 0 Å². The van der Waals surface area contributed by atoms with Crippen LogP contribution in [0.5, 0.6) is 0 Å². The minimum absolute atomic E-state index is 0.0549. The Morgan fingerprint density at radius 2 is 2.38 bits per heavy atom. The predicted octanol–water partition coefficient (Wildman–Crippen LogP) is 3.10. The summed E-state index contributed by atoms with van der Waals surface area (Å²) in [5, 5.41) is 5.93. The van der Waals surface area contributed by atoms with Gasteiger partial charge in [-0.3, -0.25) is 4.79 Å². The van der Waals surface area contributed by atoms with Crippen LogP contribution in [0.25, 0.3) is 10.9 Å². The maximum absolute atomic E-state index is 11.5. The zero-order valence-corrected chi connectivity index (χ0v) is 12.6. The van der Waals surface area contributed by atoms with E-state index in [1.165, 1.54) is 7.11 Å². The lowest BCUT2D eigenvalue weighted by molar-refractivity contribution is -0.139. The van der Waals surface area contributed by atoms with Crippen LogP contribution in [0.2, 0.25) is 5.02 Å². The third-order valence-corrected chi connectivity index (χ3v) is 3.98. The van der Waals surface area contributed by atoms with Crippen LogP contribution in [0.4, 0.5) is 0 Å². The maximum Gasteiger partial charge on any atom is 0.310 e. The summed E-state index contributed by atoms with van der Waals surface area (Å²) in [5.41, 5.74) is 1.72. The van der Waals surface area contributed by atoms with Gasteiger partial charge < -0.3 is 9.47 Å². The van der Waals surface area contributed by atoms with E-state index in [4.69, 9.17) is 21.1 Å². The molecule has 0 bridgehead atoms. The number of benzene rings is 1. The van der Waals surface area contributed by atoms with Gasteiger partial charge in [0, 0.05) is 17.0 Å². The zero-order chi connectivity index (χ0) is 14.8. The van der Waals surface area contributed by atoms with Crippen LogP contribution >= 0.6 is 11.6 Å². The van der Waals surface area contributed by atoms with E-state index < -0.39 is 0 Å². The number of nitrogens with zero attached hydrogens (tertiary/aromatic N) is 2. The summed E-state index contributed by atoms with van der Waals surface area (Å²) < 4.78 is 12.4. The van der Waals surface area contributed by atoms with Gasteiger partial charge in [0.05, 0.1) is 25.2 Å². The molecule has 1 aromatic carbocycles. The summed E-state index contributed by atoms with van der Waals surface area (Å²) in [6.45, 7) is 0.752. The summed E-state index contributed by atoms with van der Waals surface area (Å²) in [6, 6.07) is 3.65. The van der Waals surface area contributed by atoms with Crippen molar-refractivity contribution in [3.05, 3.63) is 28.9 Å². The van der Waals surface area contributed by atoms with Crippen molar-refractivity contribution in [2.45, 2.75) is 31.9 Å². The Balaban J connectivity index is 2.02. The molecule has 1 saturated heterocycles. The second kappa shape index (κ2) is 6.03. The lowest BCUT2D eigenvalue weighted by Gasteiger charge is -2.23. The first-order valence-electron chi connectivity index (χ1n) is 7.03. The Labute approximate surface area is 127 Å². The van der Waals surface area contributed by atoms with Crippen molar-refractivity contribution in [2.24, 2.45) is 0 Å². The van der Waals surface area contributed by atoms with Gasteiger partial charge in [-0.1, -0.05) is 11.6 Å². The Bertz CT molecular complexity index is 662.